The van der Waals surface area contributed by atoms with E-state index in [0.29, 0.717) is 4.77 Å². The lowest BCUT2D eigenvalue weighted by atomic mass is 10.3. The summed E-state index contributed by atoms with van der Waals surface area (Å²) in [6, 6.07) is 8.04. The SMILES string of the molecule is Cc1nn(C)c2c1[nH]c(=S)n2-c1cccc(Br)c1. The zero-order chi connectivity index (χ0) is 12.9. The Hall–Kier alpha value is -1.40. The fourth-order valence-corrected chi connectivity index (χ4v) is 2.84. The summed E-state index contributed by atoms with van der Waals surface area (Å²) in [6.45, 7) is 1.97. The van der Waals surface area contributed by atoms with Crippen molar-refractivity contribution in [2.45, 2.75) is 6.92 Å². The molecule has 0 aliphatic carbocycles. The Labute approximate surface area is 117 Å². The number of nitrogens with zero attached hydrogens (tertiary/aromatic N) is 3. The van der Waals surface area contributed by atoms with Crippen LogP contribution in [0.25, 0.3) is 16.9 Å². The lowest BCUT2D eigenvalue weighted by Gasteiger charge is -2.05. The first-order chi connectivity index (χ1) is 8.58. The van der Waals surface area contributed by atoms with Crippen molar-refractivity contribution < 1.29 is 0 Å². The maximum absolute atomic E-state index is 5.40. The highest BCUT2D eigenvalue weighted by Gasteiger charge is 2.13. The average molecular weight is 323 g/mol. The number of halogens is 1. The normalized spacial score (nSPS) is 11.3. The quantitative estimate of drug-likeness (QED) is 0.696. The number of fused-ring (bicyclic) bond motifs is 1. The summed E-state index contributed by atoms with van der Waals surface area (Å²) < 4.78 is 5.54. The van der Waals surface area contributed by atoms with E-state index in [0.717, 1.165) is 27.0 Å². The van der Waals surface area contributed by atoms with Crippen LogP contribution in [-0.2, 0) is 7.05 Å². The molecule has 1 N–H and O–H groups in total. The Bertz CT molecular complexity index is 796. The smallest absolute Gasteiger partial charge is 0.184 e. The minimum Gasteiger partial charge on any atom is -0.327 e. The molecule has 6 heteroatoms. The van der Waals surface area contributed by atoms with Crippen LogP contribution in [0.2, 0.25) is 0 Å². The van der Waals surface area contributed by atoms with Gasteiger partial charge in [-0.05, 0) is 37.3 Å². The van der Waals surface area contributed by atoms with Crippen LogP contribution in [0.3, 0.4) is 0 Å². The standard InChI is InChI=1S/C12H11BrN4S/c1-7-10-11(16(2)15-7)17(12(18)14-10)9-5-3-4-8(13)6-9/h3-6H,1-2H3,(H,14,18). The molecule has 0 aliphatic rings. The predicted octanol–water partition coefficient (Wildman–Crippen LogP) is 3.49. The van der Waals surface area contributed by atoms with Crippen molar-refractivity contribution in [2.24, 2.45) is 7.05 Å². The Balaban J connectivity index is 2.42. The van der Waals surface area contributed by atoms with Crippen molar-refractivity contribution >= 4 is 39.3 Å². The molecule has 3 aromatic rings. The molecular formula is C12H11BrN4S. The van der Waals surface area contributed by atoms with Gasteiger partial charge in [-0.3, -0.25) is 4.57 Å². The van der Waals surface area contributed by atoms with Crippen molar-refractivity contribution in [3.05, 3.63) is 39.2 Å². The highest BCUT2D eigenvalue weighted by atomic mass is 79.9. The van der Waals surface area contributed by atoms with Gasteiger partial charge in [0.2, 0.25) is 0 Å². The molecule has 4 nitrogen and oxygen atoms in total. The third-order valence-corrected chi connectivity index (χ3v) is 3.68. The molecule has 18 heavy (non-hydrogen) atoms. The number of aromatic nitrogens is 4. The molecule has 0 bridgehead atoms. The summed E-state index contributed by atoms with van der Waals surface area (Å²) in [4.78, 5) is 3.21. The molecule has 0 unspecified atom stereocenters. The largest absolute Gasteiger partial charge is 0.327 e. The number of nitrogens with one attached hydrogen (secondary N) is 1. The van der Waals surface area contributed by atoms with Crippen LogP contribution in [-0.4, -0.2) is 19.3 Å². The van der Waals surface area contributed by atoms with Crippen molar-refractivity contribution in [3.8, 4) is 5.69 Å². The minimum atomic E-state index is 0.680. The van der Waals surface area contributed by atoms with Crippen molar-refractivity contribution in [1.82, 2.24) is 19.3 Å². The zero-order valence-corrected chi connectivity index (χ0v) is 12.3. The number of aryl methyl sites for hydroxylation is 2. The second-order valence-electron chi connectivity index (χ2n) is 4.15. The molecule has 0 aliphatic heterocycles. The van der Waals surface area contributed by atoms with Gasteiger partial charge in [0, 0.05) is 11.5 Å². The first kappa shape index (κ1) is 11.7. The maximum Gasteiger partial charge on any atom is 0.184 e. The maximum atomic E-state index is 5.40. The van der Waals surface area contributed by atoms with Crippen LogP contribution < -0.4 is 0 Å². The van der Waals surface area contributed by atoms with Gasteiger partial charge in [0.15, 0.2) is 10.4 Å². The molecule has 3 rings (SSSR count). The van der Waals surface area contributed by atoms with E-state index in [1.165, 1.54) is 0 Å². The Kier molecular flexibility index (Phi) is 2.64. The molecule has 2 heterocycles. The average Bonchev–Trinajstić information content (AvgIpc) is 2.78. The Morgan fingerprint density at radius 3 is 2.89 bits per heavy atom. The molecule has 1 aromatic carbocycles. The second kappa shape index (κ2) is 4.07. The number of benzene rings is 1. The number of imidazole rings is 1. The van der Waals surface area contributed by atoms with E-state index >= 15 is 0 Å². The van der Waals surface area contributed by atoms with Gasteiger partial charge in [-0.2, -0.15) is 5.10 Å². The van der Waals surface area contributed by atoms with Crippen molar-refractivity contribution in [1.29, 1.82) is 0 Å². The molecule has 92 valence electrons. The number of hydrogen-bond acceptors (Lipinski definition) is 2. The van der Waals surface area contributed by atoms with Gasteiger partial charge in [0.25, 0.3) is 0 Å². The van der Waals surface area contributed by atoms with Crippen LogP contribution in [0, 0.1) is 11.7 Å². The van der Waals surface area contributed by atoms with E-state index in [1.807, 2.05) is 47.5 Å². The molecular weight excluding hydrogens is 312 g/mol. The molecule has 0 radical (unpaired) electrons. The number of hydrogen-bond donors (Lipinski definition) is 1. The molecule has 0 atom stereocenters. The third-order valence-electron chi connectivity index (χ3n) is 2.91. The van der Waals surface area contributed by atoms with Crippen LogP contribution in [0.1, 0.15) is 5.69 Å². The Morgan fingerprint density at radius 1 is 1.39 bits per heavy atom. The van der Waals surface area contributed by atoms with Gasteiger partial charge in [-0.15, -0.1) is 0 Å². The summed E-state index contributed by atoms with van der Waals surface area (Å²) in [5.74, 6) is 0. The number of aromatic amines is 1. The van der Waals surface area contributed by atoms with Gasteiger partial charge in [0.05, 0.1) is 11.4 Å². The van der Waals surface area contributed by atoms with E-state index in [1.54, 1.807) is 0 Å². The van der Waals surface area contributed by atoms with E-state index < -0.39 is 0 Å². The molecule has 0 amide bonds. The van der Waals surface area contributed by atoms with Gasteiger partial charge >= 0.3 is 0 Å². The van der Waals surface area contributed by atoms with E-state index in [9.17, 15) is 0 Å². The number of rotatable bonds is 1. The van der Waals surface area contributed by atoms with E-state index in [4.69, 9.17) is 12.2 Å². The topological polar surface area (TPSA) is 38.5 Å². The fourth-order valence-electron chi connectivity index (χ4n) is 2.16. The van der Waals surface area contributed by atoms with Gasteiger partial charge in [0.1, 0.15) is 5.52 Å². The van der Waals surface area contributed by atoms with Crippen molar-refractivity contribution in [3.63, 3.8) is 0 Å². The summed E-state index contributed by atoms with van der Waals surface area (Å²) in [6.07, 6.45) is 0. The second-order valence-corrected chi connectivity index (χ2v) is 5.46. The lowest BCUT2D eigenvalue weighted by molar-refractivity contribution is 0.759. The number of H-pyrrole nitrogens is 1. The summed E-state index contributed by atoms with van der Waals surface area (Å²) in [5, 5.41) is 4.41. The lowest BCUT2D eigenvalue weighted by Crippen LogP contribution is -2.00. The predicted molar refractivity (Wildman–Crippen MR) is 77.7 cm³/mol. The molecule has 2 aromatic heterocycles. The van der Waals surface area contributed by atoms with Crippen LogP contribution in [0.15, 0.2) is 28.7 Å². The summed E-state index contributed by atoms with van der Waals surface area (Å²) in [5.41, 5.74) is 3.94. The van der Waals surface area contributed by atoms with Gasteiger partial charge in [-0.25, -0.2) is 4.68 Å². The zero-order valence-electron chi connectivity index (χ0n) is 9.94. The Morgan fingerprint density at radius 2 is 2.17 bits per heavy atom. The third kappa shape index (κ3) is 1.64. The molecule has 0 saturated carbocycles. The van der Waals surface area contributed by atoms with Crippen molar-refractivity contribution in [2.75, 3.05) is 0 Å². The highest BCUT2D eigenvalue weighted by molar-refractivity contribution is 9.10. The fraction of sp³-hybridized carbons (Fsp3) is 0.167. The van der Waals surface area contributed by atoms with Crippen LogP contribution in [0.4, 0.5) is 0 Å². The summed E-state index contributed by atoms with van der Waals surface area (Å²) >= 11 is 8.88. The van der Waals surface area contributed by atoms with Crippen LogP contribution >= 0.6 is 28.1 Å². The first-order valence-corrected chi connectivity index (χ1v) is 6.68. The van der Waals surface area contributed by atoms with Gasteiger partial charge < -0.3 is 4.98 Å². The monoisotopic (exact) mass is 322 g/mol. The molecule has 0 spiro atoms. The molecule has 0 saturated heterocycles. The molecule has 0 fully saturated rings. The van der Waals surface area contributed by atoms with Crippen LogP contribution in [0.5, 0.6) is 0 Å². The highest BCUT2D eigenvalue weighted by Crippen LogP contribution is 2.23. The minimum absolute atomic E-state index is 0.680. The van der Waals surface area contributed by atoms with E-state index in [2.05, 4.69) is 26.0 Å². The summed E-state index contributed by atoms with van der Waals surface area (Å²) in [7, 11) is 1.92. The van der Waals surface area contributed by atoms with Gasteiger partial charge in [-0.1, -0.05) is 22.0 Å². The van der Waals surface area contributed by atoms with E-state index in [-0.39, 0.29) is 0 Å². The first-order valence-electron chi connectivity index (χ1n) is 5.48.